The predicted octanol–water partition coefficient (Wildman–Crippen LogP) is 1.84. The van der Waals surface area contributed by atoms with Gasteiger partial charge < -0.3 is 28.4 Å². The van der Waals surface area contributed by atoms with E-state index in [1.54, 1.807) is 0 Å². The number of unbranched alkanes of at least 4 members (excludes halogenated alkanes) is 2. The van der Waals surface area contributed by atoms with Crippen molar-refractivity contribution in [3.63, 3.8) is 0 Å². The van der Waals surface area contributed by atoms with Crippen molar-refractivity contribution in [3.05, 3.63) is 74.9 Å². The van der Waals surface area contributed by atoms with Crippen molar-refractivity contribution >= 4 is 0 Å². The van der Waals surface area contributed by atoms with Crippen LogP contribution in [0.25, 0.3) is 0 Å². The molecular weight excluding hydrogens is 664 g/mol. The molecule has 0 unspecified atom stereocenters. The van der Waals surface area contributed by atoms with Gasteiger partial charge in [-0.2, -0.15) is 0 Å². The van der Waals surface area contributed by atoms with Crippen LogP contribution in [0.15, 0.2) is 74.9 Å². The second kappa shape index (κ2) is 26.4. The molecule has 290 valence electrons. The lowest BCUT2D eigenvalue weighted by Crippen LogP contribution is -2.34. The van der Waals surface area contributed by atoms with Crippen molar-refractivity contribution in [2.24, 2.45) is 0 Å². The molecule has 0 spiro atoms. The molecule has 0 saturated heterocycles. The number of rotatable bonds is 33. The Hall–Kier alpha value is -3.40. The highest BCUT2D eigenvalue weighted by atomic mass is 16.5. The predicted molar refractivity (Wildman–Crippen MR) is 193 cm³/mol. The standard InChI is InChI=1S/C38H66N8O6/c1-3-5-7-39-9-11-41(35-39)17-23-47-29-31-49-25-19-43-13-15-45(37-43)21-27-51-33-34-52-28-22-46-16-14-44(38-46)20-26-50-32-30-48-24-18-42-12-10-40(36-42)8-6-4-2/h9-16,35-38H,3-8,17-34H2,1-2H3/q+4. The topological polar surface area (TPSA) is 90.6 Å². The highest BCUT2D eigenvalue weighted by Gasteiger charge is 2.07. The molecule has 0 aliphatic rings. The molecule has 4 rings (SSSR count). The van der Waals surface area contributed by atoms with E-state index < -0.39 is 0 Å². The number of aromatic nitrogens is 8. The largest absolute Gasteiger partial charge is 0.375 e. The Morgan fingerprint density at radius 2 is 0.615 bits per heavy atom. The lowest BCUT2D eigenvalue weighted by Gasteiger charge is -2.05. The van der Waals surface area contributed by atoms with E-state index in [2.05, 4.69) is 125 Å². The van der Waals surface area contributed by atoms with Gasteiger partial charge in [-0.1, -0.05) is 26.7 Å². The lowest BCUT2D eigenvalue weighted by molar-refractivity contribution is -0.698. The Morgan fingerprint density at radius 3 is 0.904 bits per heavy atom. The first-order valence-corrected chi connectivity index (χ1v) is 19.4. The van der Waals surface area contributed by atoms with Crippen molar-refractivity contribution < 1.29 is 46.7 Å². The molecule has 0 amide bonds. The summed E-state index contributed by atoms with van der Waals surface area (Å²) in [6.07, 6.45) is 30.0. The van der Waals surface area contributed by atoms with Crippen LogP contribution < -0.4 is 18.3 Å². The van der Waals surface area contributed by atoms with E-state index in [0.717, 1.165) is 52.4 Å². The Kier molecular flexibility index (Phi) is 21.0. The zero-order chi connectivity index (χ0) is 36.3. The van der Waals surface area contributed by atoms with Gasteiger partial charge in [-0.15, -0.1) is 0 Å². The Bertz CT molecular complexity index is 1330. The van der Waals surface area contributed by atoms with E-state index in [1.165, 1.54) is 25.7 Å². The maximum atomic E-state index is 5.78. The molecule has 0 fully saturated rings. The van der Waals surface area contributed by atoms with E-state index >= 15 is 0 Å². The second-order valence-electron chi connectivity index (χ2n) is 12.9. The molecule has 0 N–H and O–H groups in total. The fourth-order valence-corrected chi connectivity index (χ4v) is 5.48. The molecule has 14 nitrogen and oxygen atoms in total. The number of aryl methyl sites for hydroxylation is 2. The minimum Gasteiger partial charge on any atom is -0.375 e. The van der Waals surface area contributed by atoms with E-state index in [9.17, 15) is 0 Å². The third-order valence-electron chi connectivity index (χ3n) is 8.60. The minimum absolute atomic E-state index is 0.583. The number of imidazole rings is 4. The highest BCUT2D eigenvalue weighted by Crippen LogP contribution is 1.93. The minimum atomic E-state index is 0.583. The SMILES string of the molecule is CCCC[n+]1ccn(CCOCCOCCn2cc[n+](CCOCCOCC[n+]3ccn(CCOCCOCCn4cc[n+](CCCC)c4)c3)c2)c1. The van der Waals surface area contributed by atoms with Crippen LogP contribution in [0.4, 0.5) is 0 Å². The van der Waals surface area contributed by atoms with Crippen molar-refractivity contribution in [1.29, 1.82) is 0 Å². The molecule has 0 saturated carbocycles. The van der Waals surface area contributed by atoms with Crippen molar-refractivity contribution in [2.45, 2.75) is 91.9 Å². The summed E-state index contributed by atoms with van der Waals surface area (Å²) in [5.74, 6) is 0. The first-order valence-electron chi connectivity index (χ1n) is 19.4. The van der Waals surface area contributed by atoms with Crippen LogP contribution in [0, 0.1) is 0 Å². The third-order valence-corrected chi connectivity index (χ3v) is 8.60. The fraction of sp³-hybridized carbons (Fsp3) is 0.684. The van der Waals surface area contributed by atoms with E-state index in [0.29, 0.717) is 79.3 Å². The average molecular weight is 731 g/mol. The third kappa shape index (κ3) is 17.9. The van der Waals surface area contributed by atoms with E-state index in [1.807, 2.05) is 0 Å². The summed E-state index contributed by atoms with van der Waals surface area (Å²) in [6, 6.07) is 0. The van der Waals surface area contributed by atoms with Gasteiger partial charge in [-0.05, 0) is 12.8 Å². The number of nitrogens with zero attached hydrogens (tertiary/aromatic N) is 8. The van der Waals surface area contributed by atoms with Crippen LogP contribution >= 0.6 is 0 Å². The molecule has 4 aromatic heterocycles. The first kappa shape index (κ1) is 41.4. The molecule has 0 atom stereocenters. The van der Waals surface area contributed by atoms with Crippen molar-refractivity contribution in [2.75, 3.05) is 79.3 Å². The van der Waals surface area contributed by atoms with Crippen LogP contribution in [-0.4, -0.2) is 97.6 Å². The van der Waals surface area contributed by atoms with Crippen molar-refractivity contribution in [3.8, 4) is 0 Å². The Morgan fingerprint density at radius 1 is 0.346 bits per heavy atom. The van der Waals surface area contributed by atoms with Crippen LogP contribution in [-0.2, 0) is 80.8 Å². The number of hydrogen-bond donors (Lipinski definition) is 0. The molecule has 52 heavy (non-hydrogen) atoms. The zero-order valence-corrected chi connectivity index (χ0v) is 31.9. The lowest BCUT2D eigenvalue weighted by atomic mass is 10.3. The van der Waals surface area contributed by atoms with Gasteiger partial charge in [0.2, 0.25) is 25.3 Å². The second-order valence-corrected chi connectivity index (χ2v) is 12.9. The molecule has 4 heterocycles. The molecule has 4 aromatic rings. The normalized spacial score (nSPS) is 11.7. The molecule has 0 aromatic carbocycles. The van der Waals surface area contributed by atoms with Gasteiger partial charge in [-0.25, -0.2) is 36.5 Å². The monoisotopic (exact) mass is 731 g/mol. The van der Waals surface area contributed by atoms with E-state index in [-0.39, 0.29) is 0 Å². The van der Waals surface area contributed by atoms with Gasteiger partial charge in [0.05, 0.1) is 92.4 Å². The Labute approximate surface area is 310 Å². The molecule has 0 radical (unpaired) electrons. The number of ether oxygens (including phenoxy) is 6. The van der Waals surface area contributed by atoms with Gasteiger partial charge in [0, 0.05) is 0 Å². The van der Waals surface area contributed by atoms with Gasteiger partial charge in [0.15, 0.2) is 0 Å². The van der Waals surface area contributed by atoms with Crippen LogP contribution in [0.5, 0.6) is 0 Å². The fourth-order valence-electron chi connectivity index (χ4n) is 5.48. The summed E-state index contributed by atoms with van der Waals surface area (Å²) < 4.78 is 51.9. The highest BCUT2D eigenvalue weighted by molar-refractivity contribution is 4.68. The molecule has 0 aliphatic heterocycles. The first-order chi connectivity index (χ1) is 25.7. The quantitative estimate of drug-likeness (QED) is 0.0550. The van der Waals surface area contributed by atoms with Gasteiger partial charge in [0.25, 0.3) is 0 Å². The summed E-state index contributed by atoms with van der Waals surface area (Å²) in [7, 11) is 0. The summed E-state index contributed by atoms with van der Waals surface area (Å²) >= 11 is 0. The molecular formula is C38H66N8O6+4. The van der Waals surface area contributed by atoms with Gasteiger partial charge in [0.1, 0.15) is 88.8 Å². The summed E-state index contributed by atoms with van der Waals surface area (Å²) in [6.45, 7) is 19.1. The maximum Gasteiger partial charge on any atom is 0.243 e. The Balaban J connectivity index is 0.889. The number of hydrogen-bond acceptors (Lipinski definition) is 6. The molecule has 14 heteroatoms. The maximum absolute atomic E-state index is 5.78. The van der Waals surface area contributed by atoms with Gasteiger partial charge in [-0.3, -0.25) is 0 Å². The van der Waals surface area contributed by atoms with E-state index in [4.69, 9.17) is 28.4 Å². The van der Waals surface area contributed by atoms with Gasteiger partial charge >= 0.3 is 0 Å². The smallest absolute Gasteiger partial charge is 0.243 e. The average Bonchev–Trinajstić information content (AvgIpc) is 3.99. The molecule has 0 bridgehead atoms. The van der Waals surface area contributed by atoms with Crippen LogP contribution in [0.1, 0.15) is 39.5 Å². The van der Waals surface area contributed by atoms with Crippen LogP contribution in [0.3, 0.4) is 0 Å². The zero-order valence-electron chi connectivity index (χ0n) is 31.9. The summed E-state index contributed by atoms with van der Waals surface area (Å²) in [4.78, 5) is 0. The van der Waals surface area contributed by atoms with Crippen molar-refractivity contribution in [1.82, 2.24) is 18.3 Å². The summed E-state index contributed by atoms with van der Waals surface area (Å²) in [5.41, 5.74) is 0. The van der Waals surface area contributed by atoms with Crippen LogP contribution in [0.2, 0.25) is 0 Å². The molecule has 0 aliphatic carbocycles. The summed E-state index contributed by atoms with van der Waals surface area (Å²) in [5, 5.41) is 0.